The van der Waals surface area contributed by atoms with Gasteiger partial charge in [0.15, 0.2) is 16.9 Å². The van der Waals surface area contributed by atoms with Crippen LogP contribution in [0.2, 0.25) is 0 Å². The van der Waals surface area contributed by atoms with Crippen molar-refractivity contribution in [1.82, 2.24) is 24.5 Å². The van der Waals surface area contributed by atoms with Gasteiger partial charge in [0, 0.05) is 0 Å². The summed E-state index contributed by atoms with van der Waals surface area (Å²) in [6, 6.07) is 7.52. The number of rotatable bonds is 6. The van der Waals surface area contributed by atoms with E-state index in [1.54, 1.807) is 6.92 Å². The third-order valence-corrected chi connectivity index (χ3v) is 3.70. The predicted octanol–water partition coefficient (Wildman–Crippen LogP) is 0.808. The first-order chi connectivity index (χ1) is 12.5. The maximum absolute atomic E-state index is 12.5. The van der Waals surface area contributed by atoms with Gasteiger partial charge in [-0.15, -0.1) is 5.10 Å². The average Bonchev–Trinajstić information content (AvgIpc) is 3.03. The molecule has 0 bridgehead atoms. The minimum atomic E-state index is -0.620. The van der Waals surface area contributed by atoms with Crippen molar-refractivity contribution in [2.45, 2.75) is 26.8 Å². The Morgan fingerprint density at radius 1 is 1.19 bits per heavy atom. The van der Waals surface area contributed by atoms with Gasteiger partial charge in [-0.1, -0.05) is 22.9 Å². The second kappa shape index (κ2) is 7.26. The molecule has 9 nitrogen and oxygen atoms in total. The highest BCUT2D eigenvalue weighted by atomic mass is 16.5. The van der Waals surface area contributed by atoms with Crippen molar-refractivity contribution in [2.24, 2.45) is 0 Å². The minimum Gasteiger partial charge on any atom is -0.466 e. The Bertz CT molecular complexity index is 1020. The summed E-state index contributed by atoms with van der Waals surface area (Å²) < 4.78 is 7.29. The van der Waals surface area contributed by atoms with Crippen LogP contribution in [0.15, 0.2) is 35.4 Å². The molecule has 0 aliphatic carbocycles. The van der Waals surface area contributed by atoms with Gasteiger partial charge >= 0.3 is 5.97 Å². The molecule has 0 amide bonds. The van der Waals surface area contributed by atoms with Gasteiger partial charge in [-0.2, -0.15) is 4.68 Å². The standard InChI is InChI=1S/C17H17N5O4/c1-3-26-14(24)8-13(23)9-21-10-18-16-15(17(21)25)19-20-22(16)12-6-4-11(2)5-7-12/h4-7,10H,3,8-9H2,1-2H3. The molecule has 26 heavy (non-hydrogen) atoms. The smallest absolute Gasteiger partial charge is 0.313 e. The molecule has 3 aromatic rings. The van der Waals surface area contributed by atoms with E-state index >= 15 is 0 Å². The molecule has 0 unspecified atom stereocenters. The van der Waals surface area contributed by atoms with E-state index < -0.39 is 23.7 Å². The lowest BCUT2D eigenvalue weighted by molar-refractivity contribution is -0.145. The van der Waals surface area contributed by atoms with Gasteiger partial charge in [0.05, 0.1) is 18.8 Å². The maximum Gasteiger partial charge on any atom is 0.313 e. The second-order valence-electron chi connectivity index (χ2n) is 5.71. The molecule has 0 spiro atoms. The summed E-state index contributed by atoms with van der Waals surface area (Å²) in [6.45, 7) is 3.54. The molecule has 0 radical (unpaired) electrons. The third kappa shape index (κ3) is 3.51. The SMILES string of the molecule is CCOC(=O)CC(=O)Cn1cnc2c(nnn2-c2ccc(C)cc2)c1=O. The van der Waals surface area contributed by atoms with Gasteiger partial charge in [-0.25, -0.2) is 4.98 Å². The van der Waals surface area contributed by atoms with Gasteiger partial charge in [-0.05, 0) is 26.0 Å². The maximum atomic E-state index is 12.5. The fourth-order valence-electron chi connectivity index (χ4n) is 2.44. The van der Waals surface area contributed by atoms with Crippen LogP contribution >= 0.6 is 0 Å². The number of carbonyl (C=O) groups is 2. The van der Waals surface area contributed by atoms with Crippen molar-refractivity contribution in [3.8, 4) is 5.69 Å². The number of aryl methyl sites for hydroxylation is 1. The number of aromatic nitrogens is 5. The lowest BCUT2D eigenvalue weighted by Crippen LogP contribution is -2.26. The van der Waals surface area contributed by atoms with Crippen molar-refractivity contribution in [3.63, 3.8) is 0 Å². The molecule has 134 valence electrons. The number of carbonyl (C=O) groups excluding carboxylic acids is 2. The van der Waals surface area contributed by atoms with Gasteiger partial charge in [0.1, 0.15) is 12.7 Å². The van der Waals surface area contributed by atoms with Crippen LogP contribution in [0.25, 0.3) is 16.9 Å². The highest BCUT2D eigenvalue weighted by Gasteiger charge is 2.16. The first-order valence-electron chi connectivity index (χ1n) is 8.04. The summed E-state index contributed by atoms with van der Waals surface area (Å²) in [5.74, 6) is -1.07. The second-order valence-corrected chi connectivity index (χ2v) is 5.71. The van der Waals surface area contributed by atoms with E-state index in [0.29, 0.717) is 5.65 Å². The number of nitrogens with zero attached hydrogens (tertiary/aromatic N) is 5. The summed E-state index contributed by atoms with van der Waals surface area (Å²) in [5, 5.41) is 7.87. The molecular weight excluding hydrogens is 338 g/mol. The summed E-state index contributed by atoms with van der Waals surface area (Å²) in [5.41, 5.74) is 1.67. The Morgan fingerprint density at radius 3 is 2.62 bits per heavy atom. The van der Waals surface area contributed by atoms with Gasteiger partial charge in [-0.3, -0.25) is 19.0 Å². The lowest BCUT2D eigenvalue weighted by atomic mass is 10.2. The molecule has 0 fully saturated rings. The largest absolute Gasteiger partial charge is 0.466 e. The molecule has 3 rings (SSSR count). The summed E-state index contributed by atoms with van der Waals surface area (Å²) in [7, 11) is 0. The van der Waals surface area contributed by atoms with Crippen LogP contribution < -0.4 is 5.56 Å². The van der Waals surface area contributed by atoms with Crippen LogP contribution in [-0.2, 0) is 20.9 Å². The third-order valence-electron chi connectivity index (χ3n) is 3.70. The Hall–Kier alpha value is -3.36. The van der Waals surface area contributed by atoms with Gasteiger partial charge < -0.3 is 4.74 Å². The molecule has 9 heteroatoms. The molecule has 0 aliphatic rings. The Kier molecular flexibility index (Phi) is 4.87. The minimum absolute atomic E-state index is 0.0528. The quantitative estimate of drug-likeness (QED) is 0.475. The Morgan fingerprint density at radius 2 is 1.92 bits per heavy atom. The zero-order valence-electron chi connectivity index (χ0n) is 14.4. The number of benzene rings is 1. The zero-order chi connectivity index (χ0) is 18.7. The summed E-state index contributed by atoms with van der Waals surface area (Å²) in [4.78, 5) is 40.0. The van der Waals surface area contributed by atoms with E-state index in [0.717, 1.165) is 15.8 Å². The number of ether oxygens (including phenoxy) is 1. The number of esters is 1. The highest BCUT2D eigenvalue weighted by Crippen LogP contribution is 2.12. The van der Waals surface area contributed by atoms with Crippen LogP contribution in [0.4, 0.5) is 0 Å². The monoisotopic (exact) mass is 355 g/mol. The Balaban J connectivity index is 1.88. The van der Waals surface area contributed by atoms with E-state index in [9.17, 15) is 14.4 Å². The van der Waals surface area contributed by atoms with Gasteiger partial charge in [0.2, 0.25) is 0 Å². The van der Waals surface area contributed by atoms with Gasteiger partial charge in [0.25, 0.3) is 5.56 Å². The molecular formula is C17H17N5O4. The van der Waals surface area contributed by atoms with Crippen LogP contribution in [0.5, 0.6) is 0 Å². The van der Waals surface area contributed by atoms with E-state index in [1.807, 2.05) is 31.2 Å². The first kappa shape index (κ1) is 17.5. The molecule has 0 atom stereocenters. The van der Waals surface area contributed by atoms with E-state index in [1.165, 1.54) is 11.0 Å². The van der Waals surface area contributed by atoms with Crippen molar-refractivity contribution in [1.29, 1.82) is 0 Å². The Labute approximate surface area is 148 Å². The molecule has 2 heterocycles. The summed E-state index contributed by atoms with van der Waals surface area (Å²) >= 11 is 0. The number of Topliss-reactive ketones (excluding diaryl/α,β-unsaturated/α-hetero) is 1. The number of hydrogen-bond donors (Lipinski definition) is 0. The topological polar surface area (TPSA) is 109 Å². The fourth-order valence-corrected chi connectivity index (χ4v) is 2.44. The fraction of sp³-hybridized carbons (Fsp3) is 0.294. The molecule has 2 aromatic heterocycles. The highest BCUT2D eigenvalue weighted by molar-refractivity contribution is 5.95. The number of hydrogen-bond acceptors (Lipinski definition) is 7. The van der Waals surface area contributed by atoms with Crippen molar-refractivity contribution < 1.29 is 14.3 Å². The lowest BCUT2D eigenvalue weighted by Gasteiger charge is -2.05. The normalized spacial score (nSPS) is 10.8. The molecule has 0 saturated heterocycles. The first-order valence-corrected chi connectivity index (χ1v) is 8.04. The summed E-state index contributed by atoms with van der Waals surface area (Å²) in [6.07, 6.45) is 0.857. The van der Waals surface area contributed by atoms with E-state index in [2.05, 4.69) is 15.3 Å². The molecule has 0 aliphatic heterocycles. The van der Waals surface area contributed by atoms with Crippen LogP contribution in [-0.4, -0.2) is 42.9 Å². The number of ketones is 1. The van der Waals surface area contributed by atoms with Crippen molar-refractivity contribution in [3.05, 3.63) is 46.5 Å². The predicted molar refractivity (Wildman–Crippen MR) is 91.9 cm³/mol. The van der Waals surface area contributed by atoms with Crippen molar-refractivity contribution in [2.75, 3.05) is 6.61 Å². The van der Waals surface area contributed by atoms with E-state index in [4.69, 9.17) is 4.74 Å². The molecule has 0 N–H and O–H groups in total. The number of fused-ring (bicyclic) bond motifs is 1. The molecule has 1 aromatic carbocycles. The van der Waals surface area contributed by atoms with E-state index in [-0.39, 0.29) is 18.7 Å². The average molecular weight is 355 g/mol. The van der Waals surface area contributed by atoms with Crippen LogP contribution in [0.1, 0.15) is 18.9 Å². The molecule has 0 saturated carbocycles. The zero-order valence-corrected chi connectivity index (χ0v) is 14.4. The van der Waals surface area contributed by atoms with Crippen LogP contribution in [0, 0.1) is 6.92 Å². The van der Waals surface area contributed by atoms with Crippen LogP contribution in [0.3, 0.4) is 0 Å². The van der Waals surface area contributed by atoms with Crippen molar-refractivity contribution >= 4 is 22.9 Å².